The van der Waals surface area contributed by atoms with Gasteiger partial charge in [-0.25, -0.2) is 19.4 Å². The maximum atomic E-state index is 12.4. The van der Waals surface area contributed by atoms with Crippen molar-refractivity contribution in [1.82, 2.24) is 19.7 Å². The predicted molar refractivity (Wildman–Crippen MR) is 108 cm³/mol. The molecule has 1 aromatic carbocycles. The van der Waals surface area contributed by atoms with Gasteiger partial charge in [-0.2, -0.15) is 5.10 Å². The first kappa shape index (κ1) is 19.6. The Bertz CT molecular complexity index is 992. The molecule has 0 saturated carbocycles. The summed E-state index contributed by atoms with van der Waals surface area (Å²) in [6.07, 6.45) is 1.61. The lowest BCUT2D eigenvalue weighted by Gasteiger charge is -2.17. The maximum Gasteiger partial charge on any atom is 0.348 e. The van der Waals surface area contributed by atoms with Crippen LogP contribution in [0.15, 0.2) is 41.3 Å². The summed E-state index contributed by atoms with van der Waals surface area (Å²) >= 11 is 0. The minimum atomic E-state index is -0.397. The number of hydrogen-bond donors (Lipinski definition) is 2. The lowest BCUT2D eigenvalue weighted by atomic mass is 10.00. The average Bonchev–Trinajstić information content (AvgIpc) is 3.07. The molecule has 8 nitrogen and oxygen atoms in total. The van der Waals surface area contributed by atoms with Crippen molar-refractivity contribution < 1.29 is 9.84 Å². The van der Waals surface area contributed by atoms with E-state index in [0.717, 1.165) is 11.4 Å². The number of rotatable bonds is 7. The van der Waals surface area contributed by atoms with E-state index < -0.39 is 5.69 Å². The number of H-pyrrole nitrogens is 1. The van der Waals surface area contributed by atoms with E-state index in [9.17, 15) is 9.90 Å². The van der Waals surface area contributed by atoms with Crippen LogP contribution in [0.5, 0.6) is 5.75 Å². The molecule has 3 rings (SSSR count). The number of benzene rings is 1. The van der Waals surface area contributed by atoms with Crippen LogP contribution in [0, 0.1) is 0 Å². The zero-order valence-electron chi connectivity index (χ0n) is 16.5. The molecule has 0 unspecified atom stereocenters. The van der Waals surface area contributed by atoms with Gasteiger partial charge in [0, 0.05) is 20.7 Å². The number of ether oxygens (including phenoxy) is 1. The average molecular weight is 383 g/mol. The van der Waals surface area contributed by atoms with Crippen molar-refractivity contribution in [3.8, 4) is 22.8 Å². The standard InChI is InChI=1S/C20H25N5O3/c1-13(2)14-5-7-17(26)16(11-14)19-22-23-20(27)25(19)15-6-8-18(21-12-15)24(3)9-10-28-4/h5-8,11-13,26H,9-10H2,1-4H3,(H,23,27). The van der Waals surface area contributed by atoms with E-state index in [1.54, 1.807) is 25.4 Å². The number of nitrogens with zero attached hydrogens (tertiary/aromatic N) is 4. The molecule has 2 aromatic heterocycles. The third-order valence-electron chi connectivity index (χ3n) is 4.61. The van der Waals surface area contributed by atoms with Crippen LogP contribution in [0.25, 0.3) is 17.1 Å². The van der Waals surface area contributed by atoms with Crippen LogP contribution in [-0.4, -0.2) is 52.2 Å². The van der Waals surface area contributed by atoms with Crippen molar-refractivity contribution in [2.24, 2.45) is 0 Å². The van der Waals surface area contributed by atoms with Gasteiger partial charge in [-0.05, 0) is 35.7 Å². The third-order valence-corrected chi connectivity index (χ3v) is 4.61. The van der Waals surface area contributed by atoms with Gasteiger partial charge >= 0.3 is 5.69 Å². The molecule has 0 aliphatic carbocycles. The van der Waals surface area contributed by atoms with Crippen LogP contribution in [-0.2, 0) is 4.74 Å². The highest BCUT2D eigenvalue weighted by atomic mass is 16.5. The number of hydrogen-bond acceptors (Lipinski definition) is 6. The van der Waals surface area contributed by atoms with E-state index in [1.165, 1.54) is 4.57 Å². The fourth-order valence-electron chi connectivity index (χ4n) is 2.89. The van der Waals surface area contributed by atoms with Crippen LogP contribution >= 0.6 is 0 Å². The Labute approximate surface area is 163 Å². The zero-order valence-corrected chi connectivity index (χ0v) is 16.5. The zero-order chi connectivity index (χ0) is 20.3. The minimum Gasteiger partial charge on any atom is -0.507 e. The molecule has 0 fully saturated rings. The number of aromatic amines is 1. The molecule has 0 spiro atoms. The van der Waals surface area contributed by atoms with E-state index in [1.807, 2.05) is 30.1 Å². The van der Waals surface area contributed by atoms with Gasteiger partial charge in [0.05, 0.1) is 24.1 Å². The number of anilines is 1. The van der Waals surface area contributed by atoms with E-state index in [-0.39, 0.29) is 11.7 Å². The van der Waals surface area contributed by atoms with Crippen LogP contribution < -0.4 is 10.6 Å². The van der Waals surface area contributed by atoms with Gasteiger partial charge in [-0.15, -0.1) is 0 Å². The SMILES string of the molecule is COCCN(C)c1ccc(-n2c(-c3cc(C(C)C)ccc3O)n[nH]c2=O)cn1. The quantitative estimate of drug-likeness (QED) is 0.651. The summed E-state index contributed by atoms with van der Waals surface area (Å²) in [6, 6.07) is 8.98. The van der Waals surface area contributed by atoms with Crippen molar-refractivity contribution in [3.63, 3.8) is 0 Å². The molecule has 0 aliphatic rings. The Morgan fingerprint density at radius 3 is 2.71 bits per heavy atom. The molecular formula is C20H25N5O3. The third kappa shape index (κ3) is 3.91. The lowest BCUT2D eigenvalue weighted by molar-refractivity contribution is 0.206. The normalized spacial score (nSPS) is 11.2. The minimum absolute atomic E-state index is 0.0635. The molecule has 0 saturated heterocycles. The Balaban J connectivity index is 2.01. The second-order valence-electron chi connectivity index (χ2n) is 6.91. The number of likely N-dealkylation sites (N-methyl/N-ethyl adjacent to an activating group) is 1. The Hall–Kier alpha value is -3.13. The molecule has 0 atom stereocenters. The second-order valence-corrected chi connectivity index (χ2v) is 6.91. The molecule has 0 radical (unpaired) electrons. The van der Waals surface area contributed by atoms with Crippen LogP contribution in [0.4, 0.5) is 5.82 Å². The molecule has 28 heavy (non-hydrogen) atoms. The maximum absolute atomic E-state index is 12.4. The summed E-state index contributed by atoms with van der Waals surface area (Å²) < 4.78 is 6.49. The first-order chi connectivity index (χ1) is 13.4. The van der Waals surface area contributed by atoms with Gasteiger partial charge in [-0.1, -0.05) is 19.9 Å². The fourth-order valence-corrected chi connectivity index (χ4v) is 2.89. The van der Waals surface area contributed by atoms with Crippen molar-refractivity contribution in [2.45, 2.75) is 19.8 Å². The number of phenols is 1. The number of methoxy groups -OCH3 is 1. The largest absolute Gasteiger partial charge is 0.507 e. The summed E-state index contributed by atoms with van der Waals surface area (Å²) in [6.45, 7) is 5.43. The number of aromatic nitrogens is 4. The van der Waals surface area contributed by atoms with Gasteiger partial charge < -0.3 is 14.7 Å². The van der Waals surface area contributed by atoms with Crippen LogP contribution in [0.1, 0.15) is 25.3 Å². The van der Waals surface area contributed by atoms with Crippen molar-refractivity contribution in [1.29, 1.82) is 0 Å². The van der Waals surface area contributed by atoms with Gasteiger partial charge in [-0.3, -0.25) is 0 Å². The summed E-state index contributed by atoms with van der Waals surface area (Å²) in [5, 5.41) is 16.9. The summed E-state index contributed by atoms with van der Waals surface area (Å²) in [5.41, 5.74) is 1.70. The van der Waals surface area contributed by atoms with E-state index in [0.29, 0.717) is 30.2 Å². The molecule has 2 heterocycles. The van der Waals surface area contributed by atoms with Crippen molar-refractivity contribution in [2.75, 3.05) is 32.2 Å². The first-order valence-electron chi connectivity index (χ1n) is 9.09. The molecule has 3 aromatic rings. The Kier molecular flexibility index (Phi) is 5.79. The second kappa shape index (κ2) is 8.26. The fraction of sp³-hybridized carbons (Fsp3) is 0.350. The topological polar surface area (TPSA) is 96.3 Å². The first-order valence-corrected chi connectivity index (χ1v) is 9.09. The number of pyridine rings is 1. The predicted octanol–water partition coefficient (Wildman–Crippen LogP) is 2.53. The highest BCUT2D eigenvalue weighted by molar-refractivity contribution is 5.66. The van der Waals surface area contributed by atoms with Gasteiger partial charge in [0.1, 0.15) is 11.6 Å². The molecule has 2 N–H and O–H groups in total. The van der Waals surface area contributed by atoms with E-state index in [2.05, 4.69) is 29.0 Å². The van der Waals surface area contributed by atoms with Crippen LogP contribution in [0.3, 0.4) is 0 Å². The summed E-state index contributed by atoms with van der Waals surface area (Å²) in [7, 11) is 3.58. The molecule has 148 valence electrons. The summed E-state index contributed by atoms with van der Waals surface area (Å²) in [5.74, 6) is 1.45. The highest BCUT2D eigenvalue weighted by Crippen LogP contribution is 2.31. The Morgan fingerprint density at radius 2 is 2.07 bits per heavy atom. The van der Waals surface area contributed by atoms with Crippen LogP contribution in [0.2, 0.25) is 0 Å². The highest BCUT2D eigenvalue weighted by Gasteiger charge is 2.17. The molecule has 0 bridgehead atoms. The summed E-state index contributed by atoms with van der Waals surface area (Å²) in [4.78, 5) is 18.8. The van der Waals surface area contributed by atoms with Gasteiger partial charge in [0.15, 0.2) is 5.82 Å². The number of nitrogens with one attached hydrogen (secondary N) is 1. The van der Waals surface area contributed by atoms with Crippen molar-refractivity contribution >= 4 is 5.82 Å². The molecule has 8 heteroatoms. The monoisotopic (exact) mass is 383 g/mol. The van der Waals surface area contributed by atoms with Gasteiger partial charge in [0.2, 0.25) is 0 Å². The smallest absolute Gasteiger partial charge is 0.348 e. The Morgan fingerprint density at radius 1 is 1.29 bits per heavy atom. The van der Waals surface area contributed by atoms with E-state index >= 15 is 0 Å². The van der Waals surface area contributed by atoms with Gasteiger partial charge in [0.25, 0.3) is 0 Å². The van der Waals surface area contributed by atoms with Crippen molar-refractivity contribution in [3.05, 3.63) is 52.6 Å². The number of phenolic OH excluding ortho intramolecular Hbond substituents is 1. The lowest BCUT2D eigenvalue weighted by Crippen LogP contribution is -2.23. The van der Waals surface area contributed by atoms with E-state index in [4.69, 9.17) is 4.74 Å². The molecular weight excluding hydrogens is 358 g/mol. The molecule has 0 amide bonds. The molecule has 0 aliphatic heterocycles. The number of aromatic hydroxyl groups is 1.